The summed E-state index contributed by atoms with van der Waals surface area (Å²) in [6, 6.07) is 5.81. The molecule has 0 atom stereocenters. The zero-order valence-corrected chi connectivity index (χ0v) is 14.2. The first-order valence-corrected chi connectivity index (χ1v) is 7.88. The van der Waals surface area contributed by atoms with E-state index in [0.717, 1.165) is 35.7 Å². The molecule has 0 aliphatic carbocycles. The van der Waals surface area contributed by atoms with E-state index in [0.29, 0.717) is 18.2 Å². The Labute approximate surface area is 134 Å². The topological polar surface area (TPSA) is 45.7 Å². The van der Waals surface area contributed by atoms with Gasteiger partial charge in [-0.3, -0.25) is 0 Å². The quantitative estimate of drug-likeness (QED) is 0.445. The number of hydrogen-bond donors (Lipinski definition) is 2. The van der Waals surface area contributed by atoms with Crippen molar-refractivity contribution in [2.75, 3.05) is 26.3 Å². The second-order valence-corrected chi connectivity index (χ2v) is 5.38. The van der Waals surface area contributed by atoms with Crippen LogP contribution in [-0.4, -0.2) is 32.3 Å². The maximum Gasteiger partial charge on any atom is 0.191 e. The van der Waals surface area contributed by atoms with E-state index in [9.17, 15) is 0 Å². The molecule has 1 rings (SSSR count). The first-order valence-electron chi connectivity index (χ1n) is 6.71. The van der Waals surface area contributed by atoms with Crippen molar-refractivity contribution in [1.29, 1.82) is 0 Å². The molecule has 0 aromatic heterocycles. The lowest BCUT2D eigenvalue weighted by atomic mass is 10.2. The van der Waals surface area contributed by atoms with Crippen molar-refractivity contribution < 1.29 is 4.74 Å². The molecule has 4 nitrogen and oxygen atoms in total. The third-order valence-corrected chi connectivity index (χ3v) is 3.35. The van der Waals surface area contributed by atoms with E-state index in [1.54, 1.807) is 0 Å². The van der Waals surface area contributed by atoms with E-state index < -0.39 is 0 Å². The second-order valence-electron chi connectivity index (χ2n) is 4.05. The minimum atomic E-state index is 0.538. The molecule has 1 aromatic rings. The third kappa shape index (κ3) is 6.59. The summed E-state index contributed by atoms with van der Waals surface area (Å²) in [5, 5.41) is 7.13. The normalized spacial score (nSPS) is 11.5. The fourth-order valence-electron chi connectivity index (χ4n) is 1.54. The van der Waals surface area contributed by atoms with Gasteiger partial charge in [-0.1, -0.05) is 33.6 Å². The van der Waals surface area contributed by atoms with Crippen LogP contribution in [0.15, 0.2) is 27.7 Å². The number of nitrogens with zero attached hydrogens (tertiary/aromatic N) is 1. The van der Waals surface area contributed by atoms with Gasteiger partial charge in [0.2, 0.25) is 0 Å². The summed E-state index contributed by atoms with van der Waals surface area (Å²) in [6.07, 6.45) is 0. The monoisotopic (exact) mass is 361 g/mol. The third-order valence-electron chi connectivity index (χ3n) is 2.51. The van der Waals surface area contributed by atoms with Crippen LogP contribution in [0.5, 0.6) is 0 Å². The van der Waals surface area contributed by atoms with Gasteiger partial charge in [-0.2, -0.15) is 0 Å². The van der Waals surface area contributed by atoms with Crippen LogP contribution in [0.4, 0.5) is 0 Å². The Balaban J connectivity index is 2.56. The second kappa shape index (κ2) is 10.0. The van der Waals surface area contributed by atoms with Gasteiger partial charge in [0.25, 0.3) is 0 Å². The van der Waals surface area contributed by atoms with Crippen LogP contribution >= 0.6 is 27.5 Å². The van der Waals surface area contributed by atoms with Gasteiger partial charge in [0, 0.05) is 29.2 Å². The molecule has 0 amide bonds. The molecule has 0 spiro atoms. The molecular weight excluding hydrogens is 342 g/mol. The van der Waals surface area contributed by atoms with Crippen LogP contribution in [0.25, 0.3) is 0 Å². The first-order chi connectivity index (χ1) is 9.67. The Morgan fingerprint density at radius 2 is 2.15 bits per heavy atom. The lowest BCUT2D eigenvalue weighted by Crippen LogP contribution is -2.39. The van der Waals surface area contributed by atoms with Crippen LogP contribution in [0, 0.1) is 0 Å². The first kappa shape index (κ1) is 17.3. The number of ether oxygens (including phenoxy) is 1. The van der Waals surface area contributed by atoms with E-state index in [-0.39, 0.29) is 0 Å². The predicted molar refractivity (Wildman–Crippen MR) is 88.5 cm³/mol. The van der Waals surface area contributed by atoms with Gasteiger partial charge in [-0.25, -0.2) is 4.99 Å². The zero-order chi connectivity index (χ0) is 14.8. The number of rotatable bonds is 7. The largest absolute Gasteiger partial charge is 0.380 e. The molecule has 1 aromatic carbocycles. The molecule has 0 radical (unpaired) electrons. The minimum absolute atomic E-state index is 0.538. The lowest BCUT2D eigenvalue weighted by Gasteiger charge is -2.11. The molecule has 112 valence electrons. The molecule has 0 aliphatic rings. The van der Waals surface area contributed by atoms with Gasteiger partial charge in [0.05, 0.1) is 13.2 Å². The van der Waals surface area contributed by atoms with Crippen LogP contribution in [0.2, 0.25) is 5.02 Å². The Morgan fingerprint density at radius 1 is 1.35 bits per heavy atom. The van der Waals surface area contributed by atoms with Crippen LogP contribution in [0.1, 0.15) is 19.4 Å². The molecule has 0 saturated carbocycles. The van der Waals surface area contributed by atoms with Gasteiger partial charge in [0.15, 0.2) is 5.96 Å². The molecule has 0 bridgehead atoms. The number of halogens is 2. The SMILES string of the molecule is CCNC(=NCc1ccc(Br)cc1Cl)NCCOCC. The Bertz CT molecular complexity index is 440. The van der Waals surface area contributed by atoms with Crippen LogP contribution < -0.4 is 10.6 Å². The Morgan fingerprint density at radius 3 is 2.80 bits per heavy atom. The number of hydrogen-bond acceptors (Lipinski definition) is 2. The highest BCUT2D eigenvalue weighted by Gasteiger charge is 2.02. The van der Waals surface area contributed by atoms with Crippen LogP contribution in [0.3, 0.4) is 0 Å². The van der Waals surface area contributed by atoms with Gasteiger partial charge in [-0.15, -0.1) is 0 Å². The number of nitrogens with one attached hydrogen (secondary N) is 2. The Kier molecular flexibility index (Phi) is 8.65. The van der Waals surface area contributed by atoms with Crippen molar-refractivity contribution in [1.82, 2.24) is 10.6 Å². The van der Waals surface area contributed by atoms with Gasteiger partial charge >= 0.3 is 0 Å². The van der Waals surface area contributed by atoms with Gasteiger partial charge in [-0.05, 0) is 31.5 Å². The summed E-state index contributed by atoms with van der Waals surface area (Å²) in [5.41, 5.74) is 0.997. The molecular formula is C14H21BrClN3O. The maximum absolute atomic E-state index is 6.18. The molecule has 0 unspecified atom stereocenters. The zero-order valence-electron chi connectivity index (χ0n) is 11.9. The van der Waals surface area contributed by atoms with Crippen molar-refractivity contribution in [3.63, 3.8) is 0 Å². The van der Waals surface area contributed by atoms with Crippen molar-refractivity contribution in [2.45, 2.75) is 20.4 Å². The maximum atomic E-state index is 6.18. The number of guanidine groups is 1. The molecule has 2 N–H and O–H groups in total. The molecule has 0 saturated heterocycles. The molecule has 0 heterocycles. The van der Waals surface area contributed by atoms with Crippen molar-refractivity contribution in [3.05, 3.63) is 33.3 Å². The molecule has 0 aliphatic heterocycles. The summed E-state index contributed by atoms with van der Waals surface area (Å²) in [6.45, 7) is 7.49. The van der Waals surface area contributed by atoms with Crippen molar-refractivity contribution in [3.8, 4) is 0 Å². The summed E-state index contributed by atoms with van der Waals surface area (Å²) in [4.78, 5) is 4.51. The highest BCUT2D eigenvalue weighted by Crippen LogP contribution is 2.21. The van der Waals surface area contributed by atoms with Gasteiger partial charge in [0.1, 0.15) is 0 Å². The van der Waals surface area contributed by atoms with Crippen LogP contribution in [-0.2, 0) is 11.3 Å². The highest BCUT2D eigenvalue weighted by atomic mass is 79.9. The van der Waals surface area contributed by atoms with E-state index in [2.05, 4.69) is 31.6 Å². The van der Waals surface area contributed by atoms with E-state index in [1.807, 2.05) is 32.0 Å². The molecule has 20 heavy (non-hydrogen) atoms. The number of benzene rings is 1. The standard InChI is InChI=1S/C14H21BrClN3O/c1-3-17-14(18-7-8-20-4-2)19-10-11-5-6-12(15)9-13(11)16/h5-6,9H,3-4,7-8,10H2,1-2H3,(H2,17,18,19). The average molecular weight is 363 g/mol. The average Bonchev–Trinajstić information content (AvgIpc) is 2.42. The minimum Gasteiger partial charge on any atom is -0.380 e. The lowest BCUT2D eigenvalue weighted by molar-refractivity contribution is 0.152. The van der Waals surface area contributed by atoms with Crippen molar-refractivity contribution >= 4 is 33.5 Å². The molecule has 0 fully saturated rings. The van der Waals surface area contributed by atoms with Gasteiger partial charge < -0.3 is 15.4 Å². The smallest absolute Gasteiger partial charge is 0.191 e. The fourth-order valence-corrected chi connectivity index (χ4v) is 2.28. The summed E-state index contributed by atoms with van der Waals surface area (Å²) in [7, 11) is 0. The van der Waals surface area contributed by atoms with Crippen molar-refractivity contribution in [2.24, 2.45) is 4.99 Å². The highest BCUT2D eigenvalue weighted by molar-refractivity contribution is 9.10. The van der Waals surface area contributed by atoms with E-state index >= 15 is 0 Å². The predicted octanol–water partition coefficient (Wildman–Crippen LogP) is 3.19. The summed E-state index contributed by atoms with van der Waals surface area (Å²) < 4.78 is 6.25. The summed E-state index contributed by atoms with van der Waals surface area (Å²) >= 11 is 9.57. The molecule has 6 heteroatoms. The van der Waals surface area contributed by atoms with E-state index in [4.69, 9.17) is 16.3 Å². The fraction of sp³-hybridized carbons (Fsp3) is 0.500. The van der Waals surface area contributed by atoms with E-state index in [1.165, 1.54) is 0 Å². The summed E-state index contributed by atoms with van der Waals surface area (Å²) in [5.74, 6) is 0.770. The number of aliphatic imine (C=N–C) groups is 1. The Hall–Kier alpha value is -0.780.